The number of nitrogens with zero attached hydrogens (tertiary/aromatic N) is 1. The first-order valence-electron chi connectivity index (χ1n) is 8.07. The summed E-state index contributed by atoms with van der Waals surface area (Å²) < 4.78 is 5.46. The fourth-order valence-electron chi connectivity index (χ4n) is 2.62. The van der Waals surface area contributed by atoms with Crippen LogP contribution < -0.4 is 9.64 Å². The first-order chi connectivity index (χ1) is 11.6. The van der Waals surface area contributed by atoms with Crippen molar-refractivity contribution in [2.75, 3.05) is 19.0 Å². The van der Waals surface area contributed by atoms with Crippen LogP contribution in [0.2, 0.25) is 0 Å². The molecular weight excluding hydrogens is 298 g/mol. The molecular formula is C21H21NO2. The number of aryl methyl sites for hydroxylation is 1. The van der Waals surface area contributed by atoms with Gasteiger partial charge in [0, 0.05) is 26.2 Å². The summed E-state index contributed by atoms with van der Waals surface area (Å²) in [5.74, 6) is 0.392. The average molecular weight is 319 g/mol. The van der Waals surface area contributed by atoms with E-state index in [0.717, 1.165) is 22.0 Å². The molecule has 0 radical (unpaired) electrons. The smallest absolute Gasteiger partial charge is 0.311 e. The lowest BCUT2D eigenvalue weighted by Crippen LogP contribution is -2.10. The molecule has 0 aliphatic carbocycles. The van der Waals surface area contributed by atoms with Gasteiger partial charge in [0.1, 0.15) is 5.75 Å². The molecule has 0 saturated heterocycles. The number of ether oxygens (including phenoxy) is 1. The van der Waals surface area contributed by atoms with Crippen molar-refractivity contribution >= 4 is 22.4 Å². The van der Waals surface area contributed by atoms with E-state index in [2.05, 4.69) is 29.2 Å². The molecule has 0 saturated carbocycles. The maximum Gasteiger partial charge on any atom is 0.311 e. The molecule has 0 aliphatic rings. The quantitative estimate of drug-likeness (QED) is 0.514. The highest BCUT2D eigenvalue weighted by atomic mass is 16.5. The van der Waals surface area contributed by atoms with Gasteiger partial charge in [0.15, 0.2) is 0 Å². The van der Waals surface area contributed by atoms with Crippen molar-refractivity contribution in [1.82, 2.24) is 0 Å². The Labute approximate surface area is 142 Å². The van der Waals surface area contributed by atoms with Gasteiger partial charge >= 0.3 is 5.97 Å². The van der Waals surface area contributed by atoms with Crippen LogP contribution >= 0.6 is 0 Å². The Balaban J connectivity index is 1.58. The molecule has 0 aliphatic heterocycles. The van der Waals surface area contributed by atoms with Crippen molar-refractivity contribution in [3.05, 3.63) is 72.3 Å². The van der Waals surface area contributed by atoms with Crippen molar-refractivity contribution < 1.29 is 9.53 Å². The molecule has 3 aromatic rings. The van der Waals surface area contributed by atoms with Gasteiger partial charge in [-0.2, -0.15) is 0 Å². The van der Waals surface area contributed by atoms with Crippen LogP contribution in [0.4, 0.5) is 5.69 Å². The fraction of sp³-hybridized carbons (Fsp3) is 0.190. The molecule has 0 heterocycles. The topological polar surface area (TPSA) is 29.5 Å². The number of hydrogen-bond acceptors (Lipinski definition) is 3. The molecule has 3 nitrogen and oxygen atoms in total. The Morgan fingerprint density at radius 2 is 1.62 bits per heavy atom. The zero-order valence-corrected chi connectivity index (χ0v) is 14.0. The number of benzene rings is 3. The maximum atomic E-state index is 12.1. The molecule has 0 bridgehead atoms. The van der Waals surface area contributed by atoms with Gasteiger partial charge in [-0.05, 0) is 47.0 Å². The van der Waals surface area contributed by atoms with E-state index in [-0.39, 0.29) is 5.97 Å². The number of esters is 1. The predicted molar refractivity (Wildman–Crippen MR) is 98.7 cm³/mol. The minimum atomic E-state index is -0.207. The Hall–Kier alpha value is -2.81. The van der Waals surface area contributed by atoms with Crippen LogP contribution in [0.3, 0.4) is 0 Å². The Kier molecular flexibility index (Phi) is 4.80. The molecule has 3 aromatic carbocycles. The highest BCUT2D eigenvalue weighted by Gasteiger charge is 2.06. The summed E-state index contributed by atoms with van der Waals surface area (Å²) in [4.78, 5) is 14.1. The average Bonchev–Trinajstić information content (AvgIpc) is 2.60. The van der Waals surface area contributed by atoms with Gasteiger partial charge < -0.3 is 9.64 Å². The van der Waals surface area contributed by atoms with Crippen molar-refractivity contribution in [3.8, 4) is 5.75 Å². The molecule has 3 rings (SSSR count). The molecule has 0 N–H and O–H groups in total. The van der Waals surface area contributed by atoms with Crippen molar-refractivity contribution in [3.63, 3.8) is 0 Å². The van der Waals surface area contributed by atoms with E-state index >= 15 is 0 Å². The summed E-state index contributed by atoms with van der Waals surface area (Å²) in [6, 6.07) is 22.0. The summed E-state index contributed by atoms with van der Waals surface area (Å²) >= 11 is 0. The second-order valence-electron chi connectivity index (χ2n) is 6.04. The van der Waals surface area contributed by atoms with Crippen LogP contribution in [-0.4, -0.2) is 20.1 Å². The molecule has 0 unspecified atom stereocenters. The SMILES string of the molecule is CN(C)c1ccc(CCC(=O)Oc2ccc3ccccc3c2)cc1. The minimum Gasteiger partial charge on any atom is -0.426 e. The van der Waals surface area contributed by atoms with E-state index in [1.807, 2.05) is 56.6 Å². The number of rotatable bonds is 5. The van der Waals surface area contributed by atoms with Gasteiger partial charge in [-0.1, -0.05) is 42.5 Å². The van der Waals surface area contributed by atoms with Crippen LogP contribution in [0.15, 0.2) is 66.7 Å². The van der Waals surface area contributed by atoms with Crippen LogP contribution in [0, 0.1) is 0 Å². The molecule has 0 aromatic heterocycles. The lowest BCUT2D eigenvalue weighted by atomic mass is 10.1. The van der Waals surface area contributed by atoms with Crippen LogP contribution in [-0.2, 0) is 11.2 Å². The minimum absolute atomic E-state index is 0.207. The van der Waals surface area contributed by atoms with E-state index in [9.17, 15) is 4.79 Å². The summed E-state index contributed by atoms with van der Waals surface area (Å²) in [5.41, 5.74) is 2.29. The zero-order valence-electron chi connectivity index (χ0n) is 14.0. The highest BCUT2D eigenvalue weighted by Crippen LogP contribution is 2.21. The summed E-state index contributed by atoms with van der Waals surface area (Å²) in [6.07, 6.45) is 1.05. The predicted octanol–water partition coefficient (Wildman–Crippen LogP) is 4.44. The molecule has 0 atom stereocenters. The van der Waals surface area contributed by atoms with Crippen molar-refractivity contribution in [1.29, 1.82) is 0 Å². The van der Waals surface area contributed by atoms with E-state index in [4.69, 9.17) is 4.74 Å². The second-order valence-corrected chi connectivity index (χ2v) is 6.04. The van der Waals surface area contributed by atoms with E-state index < -0.39 is 0 Å². The lowest BCUT2D eigenvalue weighted by Gasteiger charge is -2.12. The first kappa shape index (κ1) is 16.1. The van der Waals surface area contributed by atoms with E-state index in [1.165, 1.54) is 0 Å². The lowest BCUT2D eigenvalue weighted by molar-refractivity contribution is -0.134. The van der Waals surface area contributed by atoms with Crippen LogP contribution in [0.25, 0.3) is 10.8 Å². The number of anilines is 1. The number of hydrogen-bond donors (Lipinski definition) is 0. The fourth-order valence-corrected chi connectivity index (χ4v) is 2.62. The number of fused-ring (bicyclic) bond motifs is 1. The van der Waals surface area contributed by atoms with Crippen LogP contribution in [0.1, 0.15) is 12.0 Å². The summed E-state index contributed by atoms with van der Waals surface area (Å²) in [7, 11) is 4.02. The van der Waals surface area contributed by atoms with Gasteiger partial charge in [0.05, 0.1) is 0 Å². The summed E-state index contributed by atoms with van der Waals surface area (Å²) in [6.45, 7) is 0. The number of carbonyl (C=O) groups excluding carboxylic acids is 1. The molecule has 0 spiro atoms. The Morgan fingerprint density at radius 3 is 2.33 bits per heavy atom. The monoisotopic (exact) mass is 319 g/mol. The second kappa shape index (κ2) is 7.18. The molecule has 122 valence electrons. The first-order valence-corrected chi connectivity index (χ1v) is 8.07. The van der Waals surface area contributed by atoms with Gasteiger partial charge in [-0.25, -0.2) is 0 Å². The van der Waals surface area contributed by atoms with E-state index in [0.29, 0.717) is 18.6 Å². The highest BCUT2D eigenvalue weighted by molar-refractivity contribution is 5.84. The van der Waals surface area contributed by atoms with Crippen molar-refractivity contribution in [2.24, 2.45) is 0 Å². The molecule has 0 fully saturated rings. The Morgan fingerprint density at radius 1 is 0.917 bits per heavy atom. The maximum absolute atomic E-state index is 12.1. The zero-order chi connectivity index (χ0) is 16.9. The third-order valence-electron chi connectivity index (χ3n) is 4.02. The van der Waals surface area contributed by atoms with Crippen molar-refractivity contribution in [2.45, 2.75) is 12.8 Å². The van der Waals surface area contributed by atoms with E-state index in [1.54, 1.807) is 0 Å². The summed E-state index contributed by atoms with van der Waals surface area (Å²) in [5, 5.41) is 2.21. The Bertz CT molecular complexity index is 838. The third-order valence-corrected chi connectivity index (χ3v) is 4.02. The van der Waals surface area contributed by atoms with Gasteiger partial charge in [-0.3, -0.25) is 4.79 Å². The standard InChI is InChI=1S/C21H21NO2/c1-22(2)19-11-7-16(8-12-19)9-14-21(23)24-20-13-10-17-5-3-4-6-18(17)15-20/h3-8,10-13,15H,9,14H2,1-2H3. The number of carbonyl (C=O) groups is 1. The van der Waals surface area contributed by atoms with Crippen LogP contribution in [0.5, 0.6) is 5.75 Å². The largest absolute Gasteiger partial charge is 0.426 e. The normalized spacial score (nSPS) is 10.6. The van der Waals surface area contributed by atoms with Gasteiger partial charge in [0.2, 0.25) is 0 Å². The van der Waals surface area contributed by atoms with Gasteiger partial charge in [-0.15, -0.1) is 0 Å². The molecule has 24 heavy (non-hydrogen) atoms. The third kappa shape index (κ3) is 3.93. The van der Waals surface area contributed by atoms with Gasteiger partial charge in [0.25, 0.3) is 0 Å². The molecule has 3 heteroatoms. The molecule has 0 amide bonds.